The van der Waals surface area contributed by atoms with Gasteiger partial charge in [0.1, 0.15) is 5.75 Å². The Morgan fingerprint density at radius 1 is 1.43 bits per heavy atom. The normalized spacial score (nSPS) is 13.0. The maximum absolute atomic E-state index is 12.7. The van der Waals surface area contributed by atoms with Crippen molar-refractivity contribution in [3.8, 4) is 5.75 Å². The first-order valence-corrected chi connectivity index (χ1v) is 7.37. The number of aliphatic imine (C=N–C) groups is 1. The molecule has 3 nitrogen and oxygen atoms in total. The van der Waals surface area contributed by atoms with Crippen LogP contribution in [0, 0.1) is 0 Å². The van der Waals surface area contributed by atoms with Crippen LogP contribution in [0.3, 0.4) is 0 Å². The van der Waals surface area contributed by atoms with Gasteiger partial charge < -0.3 is 4.74 Å². The van der Waals surface area contributed by atoms with Gasteiger partial charge in [-0.2, -0.15) is 13.2 Å². The van der Waals surface area contributed by atoms with E-state index in [0.29, 0.717) is 13.0 Å². The van der Waals surface area contributed by atoms with Crippen LogP contribution in [-0.4, -0.2) is 23.0 Å². The van der Waals surface area contributed by atoms with Crippen molar-refractivity contribution in [1.82, 2.24) is 0 Å². The third-order valence-electron chi connectivity index (χ3n) is 2.37. The molecule has 0 saturated carbocycles. The molecule has 0 saturated heterocycles. The van der Waals surface area contributed by atoms with Crippen molar-refractivity contribution >= 4 is 28.2 Å². The Bertz CT molecular complexity index is 594. The molecule has 0 aliphatic carbocycles. The Kier molecular flexibility index (Phi) is 6.74. The molecule has 0 radical (unpaired) electrons. The molecule has 0 aliphatic heterocycles. The molecule has 0 N–H and O–H groups in total. The summed E-state index contributed by atoms with van der Waals surface area (Å²) >= 11 is 4.39. The lowest BCUT2D eigenvalue weighted by atomic mass is 10.2. The minimum Gasteiger partial charge on any atom is -0.497 e. The predicted molar refractivity (Wildman–Crippen MR) is 78.1 cm³/mol. The van der Waals surface area contributed by atoms with Crippen molar-refractivity contribution in [3.63, 3.8) is 0 Å². The lowest BCUT2D eigenvalue weighted by molar-refractivity contribution is -0.137. The Labute approximate surface area is 128 Å². The summed E-state index contributed by atoms with van der Waals surface area (Å²) in [5.41, 5.74) is -0.899. The number of ether oxygens (including phenoxy) is 1. The summed E-state index contributed by atoms with van der Waals surface area (Å²) in [6.45, 7) is 0.392. The van der Waals surface area contributed by atoms with Crippen molar-refractivity contribution in [1.29, 1.82) is 0 Å². The third kappa shape index (κ3) is 5.79. The second-order valence-electron chi connectivity index (χ2n) is 3.83. The first-order chi connectivity index (χ1) is 9.88. The largest absolute Gasteiger partial charge is 0.497 e. The number of hydrogen-bond donors (Lipinski definition) is 0. The van der Waals surface area contributed by atoms with Crippen LogP contribution in [0.1, 0.15) is 12.0 Å². The standard InChI is InChI=1S/C13H12F3NO2S2/c1-19-11-6-10(13(14,15)16)7-12(8-11)21(18)5-3-2-4-17-9-20/h3,5-8H,2,4H2,1H3. The Morgan fingerprint density at radius 3 is 2.71 bits per heavy atom. The lowest BCUT2D eigenvalue weighted by Crippen LogP contribution is -2.06. The minimum atomic E-state index is -4.52. The van der Waals surface area contributed by atoms with Crippen molar-refractivity contribution in [2.75, 3.05) is 13.7 Å². The molecule has 1 rings (SSSR count). The van der Waals surface area contributed by atoms with Crippen LogP contribution in [0.25, 0.3) is 0 Å². The van der Waals surface area contributed by atoms with Gasteiger partial charge in [0.25, 0.3) is 0 Å². The fraction of sp³-hybridized carbons (Fsp3) is 0.308. The zero-order valence-corrected chi connectivity index (χ0v) is 12.6. The molecule has 0 aromatic heterocycles. The summed E-state index contributed by atoms with van der Waals surface area (Å²) in [6, 6.07) is 3.02. The monoisotopic (exact) mass is 335 g/mol. The third-order valence-corrected chi connectivity index (χ3v) is 3.64. The van der Waals surface area contributed by atoms with Crippen LogP contribution < -0.4 is 4.74 Å². The molecule has 0 spiro atoms. The summed E-state index contributed by atoms with van der Waals surface area (Å²) in [5, 5.41) is 3.50. The summed E-state index contributed by atoms with van der Waals surface area (Å²) in [4.78, 5) is 3.69. The highest BCUT2D eigenvalue weighted by Crippen LogP contribution is 2.33. The zero-order chi connectivity index (χ0) is 15.9. The van der Waals surface area contributed by atoms with Crippen LogP contribution in [-0.2, 0) is 17.0 Å². The van der Waals surface area contributed by atoms with Crippen molar-refractivity contribution < 1.29 is 22.1 Å². The van der Waals surface area contributed by atoms with E-state index in [9.17, 15) is 17.4 Å². The molecule has 0 bridgehead atoms. The Morgan fingerprint density at radius 2 is 2.14 bits per heavy atom. The highest BCUT2D eigenvalue weighted by atomic mass is 32.2. The fourth-order valence-corrected chi connectivity index (χ4v) is 2.42. The van der Waals surface area contributed by atoms with E-state index < -0.39 is 22.5 Å². The zero-order valence-electron chi connectivity index (χ0n) is 11.0. The number of hydrogen-bond acceptors (Lipinski definition) is 4. The number of benzene rings is 1. The maximum atomic E-state index is 12.7. The van der Waals surface area contributed by atoms with Gasteiger partial charge in [-0.1, -0.05) is 6.08 Å². The fourth-order valence-electron chi connectivity index (χ4n) is 1.39. The van der Waals surface area contributed by atoms with E-state index in [1.165, 1.54) is 18.6 Å². The molecule has 0 fully saturated rings. The Balaban J connectivity index is 2.95. The summed E-state index contributed by atoms with van der Waals surface area (Å²) in [7, 11) is -0.443. The average molecular weight is 335 g/mol. The molecule has 1 aromatic carbocycles. The van der Waals surface area contributed by atoms with Gasteiger partial charge in [0.2, 0.25) is 0 Å². The van der Waals surface area contributed by atoms with Crippen molar-refractivity contribution in [2.45, 2.75) is 17.5 Å². The lowest BCUT2D eigenvalue weighted by Gasteiger charge is -2.10. The highest BCUT2D eigenvalue weighted by molar-refractivity contribution is 7.88. The molecule has 0 amide bonds. The van der Waals surface area contributed by atoms with E-state index in [0.717, 1.165) is 12.1 Å². The molecule has 21 heavy (non-hydrogen) atoms. The maximum Gasteiger partial charge on any atom is 0.416 e. The first-order valence-electron chi connectivity index (χ1n) is 5.75. The van der Waals surface area contributed by atoms with E-state index in [1.54, 1.807) is 6.08 Å². The van der Waals surface area contributed by atoms with Gasteiger partial charge in [-0.15, -0.1) is 0 Å². The molecule has 8 heteroatoms. The molecule has 0 aliphatic rings. The van der Waals surface area contributed by atoms with Crippen LogP contribution in [0.5, 0.6) is 5.75 Å². The van der Waals surface area contributed by atoms with Crippen LogP contribution in [0.2, 0.25) is 0 Å². The van der Waals surface area contributed by atoms with Gasteiger partial charge in [0.15, 0.2) is 0 Å². The van der Waals surface area contributed by atoms with E-state index in [1.807, 2.05) is 0 Å². The summed E-state index contributed by atoms with van der Waals surface area (Å²) in [6.07, 6.45) is -2.48. The van der Waals surface area contributed by atoms with Crippen LogP contribution >= 0.6 is 12.2 Å². The number of nitrogens with zero attached hydrogens (tertiary/aromatic N) is 1. The molecule has 0 heterocycles. The molecule has 1 atom stereocenters. The number of halogens is 3. The molecule has 1 unspecified atom stereocenters. The summed E-state index contributed by atoms with van der Waals surface area (Å²) < 4.78 is 55.0. The van der Waals surface area contributed by atoms with E-state index in [4.69, 9.17) is 4.74 Å². The van der Waals surface area contributed by atoms with E-state index in [-0.39, 0.29) is 10.6 Å². The highest BCUT2D eigenvalue weighted by Gasteiger charge is 2.31. The van der Waals surface area contributed by atoms with Gasteiger partial charge in [0.05, 0.1) is 35.2 Å². The van der Waals surface area contributed by atoms with E-state index in [2.05, 4.69) is 22.4 Å². The molecular formula is C13H12F3NO2S2. The first kappa shape index (κ1) is 17.6. The van der Waals surface area contributed by atoms with E-state index >= 15 is 0 Å². The van der Waals surface area contributed by atoms with Crippen molar-refractivity contribution in [2.24, 2.45) is 4.99 Å². The smallest absolute Gasteiger partial charge is 0.416 e. The van der Waals surface area contributed by atoms with Crippen LogP contribution in [0.4, 0.5) is 13.2 Å². The average Bonchev–Trinajstić information content (AvgIpc) is 2.45. The summed E-state index contributed by atoms with van der Waals surface area (Å²) in [5.74, 6) is 0.00637. The van der Waals surface area contributed by atoms with Crippen molar-refractivity contribution in [3.05, 3.63) is 35.2 Å². The van der Waals surface area contributed by atoms with Gasteiger partial charge >= 0.3 is 6.18 Å². The predicted octanol–water partition coefficient (Wildman–Crippen LogP) is 3.83. The number of thiocarbonyl (C=S) groups is 1. The van der Waals surface area contributed by atoms with Crippen LogP contribution in [0.15, 0.2) is 39.6 Å². The second-order valence-corrected chi connectivity index (χ2v) is 5.35. The van der Waals surface area contributed by atoms with Gasteiger partial charge in [-0.05, 0) is 36.8 Å². The molecule has 114 valence electrons. The quantitative estimate of drug-likeness (QED) is 0.450. The topological polar surface area (TPSA) is 38.7 Å². The SMILES string of the molecule is COc1cc(S(=O)C=CCCN=C=S)cc(C(F)(F)F)c1. The van der Waals surface area contributed by atoms with Gasteiger partial charge in [0, 0.05) is 10.3 Å². The number of rotatable bonds is 6. The molecule has 1 aromatic rings. The second kappa shape index (κ2) is 8.07. The minimum absolute atomic E-state index is 0.00637. The van der Waals surface area contributed by atoms with Gasteiger partial charge in [-0.3, -0.25) is 0 Å². The Hall–Kier alpha value is -1.50. The number of methoxy groups -OCH3 is 1. The number of alkyl halides is 3. The van der Waals surface area contributed by atoms with Gasteiger partial charge in [-0.25, -0.2) is 9.20 Å². The molecular weight excluding hydrogens is 323 g/mol. The number of isothiocyanates is 1.